The molecule has 4 rings (SSSR count). The first-order valence-corrected chi connectivity index (χ1v) is 8.85. The Morgan fingerprint density at radius 3 is 3.17 bits per heavy atom. The molecule has 2 aromatic heterocycles. The number of amides is 1. The van der Waals surface area contributed by atoms with Gasteiger partial charge in [-0.15, -0.1) is 24.2 Å². The molecule has 0 spiro atoms. The number of halogens is 1. The van der Waals surface area contributed by atoms with Crippen molar-refractivity contribution < 1.29 is 4.79 Å². The largest absolute Gasteiger partial charge is 0.347 e. The molecule has 0 aromatic carbocycles. The van der Waals surface area contributed by atoms with Gasteiger partial charge in [-0.2, -0.15) is 0 Å². The number of rotatable bonds is 3. The van der Waals surface area contributed by atoms with Crippen LogP contribution in [0.25, 0.3) is 11.0 Å². The van der Waals surface area contributed by atoms with Crippen molar-refractivity contribution in [1.29, 1.82) is 0 Å². The molecule has 0 unspecified atom stereocenters. The number of H-pyrrole nitrogens is 1. The molecule has 6 nitrogen and oxygen atoms in total. The number of anilines is 1. The molecule has 1 saturated heterocycles. The summed E-state index contributed by atoms with van der Waals surface area (Å²) in [4.78, 5) is 22.9. The van der Waals surface area contributed by atoms with Gasteiger partial charge in [0.05, 0.1) is 10.6 Å². The monoisotopic (exact) mass is 365 g/mol. The lowest BCUT2D eigenvalue weighted by Crippen LogP contribution is -2.38. The lowest BCUT2D eigenvalue weighted by Gasteiger charge is -2.27. The molecule has 1 atom stereocenters. The summed E-state index contributed by atoms with van der Waals surface area (Å²) in [6.07, 6.45) is 6.66. The lowest BCUT2D eigenvalue weighted by molar-refractivity contribution is -0.117. The van der Waals surface area contributed by atoms with Gasteiger partial charge < -0.3 is 20.5 Å². The molecule has 0 radical (unpaired) electrons. The van der Waals surface area contributed by atoms with Crippen molar-refractivity contribution in [2.75, 3.05) is 30.3 Å². The Hall–Kier alpha value is -1.70. The van der Waals surface area contributed by atoms with Crippen LogP contribution in [0.3, 0.4) is 0 Å². The summed E-state index contributed by atoms with van der Waals surface area (Å²) >= 11 is 1.62. The van der Waals surface area contributed by atoms with Crippen LogP contribution in [0.2, 0.25) is 0 Å². The quantitative estimate of drug-likeness (QED) is 0.774. The summed E-state index contributed by atoms with van der Waals surface area (Å²) in [5.74, 6) is 0.934. The molecule has 4 heterocycles. The van der Waals surface area contributed by atoms with Crippen LogP contribution in [0.1, 0.15) is 6.42 Å². The topological polar surface area (TPSA) is 73.1 Å². The van der Waals surface area contributed by atoms with Gasteiger partial charge in [0.2, 0.25) is 0 Å². The van der Waals surface area contributed by atoms with Crippen molar-refractivity contribution in [2.24, 2.45) is 0 Å². The number of hydrogen-bond donors (Lipinski definition) is 3. The number of carbonyl (C=O) groups is 1. The summed E-state index contributed by atoms with van der Waals surface area (Å²) < 4.78 is 0. The van der Waals surface area contributed by atoms with E-state index in [0.717, 1.165) is 53.4 Å². The lowest BCUT2D eigenvalue weighted by atomic mass is 10.2. The molecule has 2 aliphatic rings. The Morgan fingerprint density at radius 1 is 1.42 bits per heavy atom. The van der Waals surface area contributed by atoms with E-state index in [1.54, 1.807) is 18.0 Å². The SMILES string of the molecule is Cl.O=C(N[C@@H]1CCNC1)C1=CN(c2ccnc3[nH]ccc23)CCS1. The predicted octanol–water partition coefficient (Wildman–Crippen LogP) is 1.86. The van der Waals surface area contributed by atoms with E-state index in [9.17, 15) is 4.79 Å². The van der Waals surface area contributed by atoms with Crippen LogP contribution in [0.4, 0.5) is 5.69 Å². The van der Waals surface area contributed by atoms with Crippen LogP contribution in [-0.4, -0.2) is 47.3 Å². The highest BCUT2D eigenvalue weighted by molar-refractivity contribution is 8.04. The Balaban J connectivity index is 0.00000169. The second-order valence-corrected chi connectivity index (χ2v) is 6.91. The van der Waals surface area contributed by atoms with Gasteiger partial charge in [-0.1, -0.05) is 0 Å². The maximum atomic E-state index is 12.5. The van der Waals surface area contributed by atoms with Crippen LogP contribution in [0, 0.1) is 0 Å². The zero-order valence-corrected chi connectivity index (χ0v) is 14.8. The minimum absolute atomic E-state index is 0. The maximum absolute atomic E-state index is 12.5. The summed E-state index contributed by atoms with van der Waals surface area (Å²) in [6, 6.07) is 4.27. The normalized spacial score (nSPS) is 20.6. The zero-order valence-electron chi connectivity index (χ0n) is 13.1. The predicted molar refractivity (Wildman–Crippen MR) is 101 cm³/mol. The molecule has 1 fully saturated rings. The third kappa shape index (κ3) is 3.38. The van der Waals surface area contributed by atoms with Crippen molar-refractivity contribution in [2.45, 2.75) is 12.5 Å². The minimum Gasteiger partial charge on any atom is -0.347 e. The van der Waals surface area contributed by atoms with E-state index in [1.165, 1.54) is 0 Å². The number of carbonyl (C=O) groups excluding carboxylic acids is 1. The highest BCUT2D eigenvalue weighted by Gasteiger charge is 2.23. The second-order valence-electron chi connectivity index (χ2n) is 5.77. The second kappa shape index (κ2) is 7.46. The Labute approximate surface area is 150 Å². The van der Waals surface area contributed by atoms with Crippen molar-refractivity contribution in [3.8, 4) is 0 Å². The van der Waals surface area contributed by atoms with Crippen LogP contribution in [-0.2, 0) is 4.79 Å². The van der Waals surface area contributed by atoms with Crippen LogP contribution in [0.5, 0.6) is 0 Å². The van der Waals surface area contributed by atoms with Crippen molar-refractivity contribution in [1.82, 2.24) is 20.6 Å². The number of aromatic nitrogens is 2. The van der Waals surface area contributed by atoms with Crippen LogP contribution in [0.15, 0.2) is 35.6 Å². The molecule has 0 aliphatic carbocycles. The van der Waals surface area contributed by atoms with Crippen molar-refractivity contribution in [3.63, 3.8) is 0 Å². The fraction of sp³-hybridized carbons (Fsp3) is 0.375. The molecular weight excluding hydrogens is 346 g/mol. The average molecular weight is 366 g/mol. The summed E-state index contributed by atoms with van der Waals surface area (Å²) in [5, 5.41) is 7.47. The van der Waals surface area contributed by atoms with Gasteiger partial charge in [0.25, 0.3) is 5.91 Å². The standard InChI is InChI=1S/C16H19N5OS.ClH/c22-16(20-11-1-4-17-9-11)14-10-21(7-8-23-14)13-3-6-19-15-12(13)2-5-18-15;/h2-3,5-6,10-11,17H,1,4,7-9H2,(H,18,19)(H,20,22);1H/t11-;/m1./s1. The first-order valence-electron chi connectivity index (χ1n) is 7.86. The van der Waals surface area contributed by atoms with Gasteiger partial charge in [-0.05, 0) is 25.1 Å². The van der Waals surface area contributed by atoms with Gasteiger partial charge in [0.1, 0.15) is 5.65 Å². The third-order valence-corrected chi connectivity index (χ3v) is 5.22. The molecule has 128 valence electrons. The number of nitrogens with zero attached hydrogens (tertiary/aromatic N) is 2. The number of aromatic amines is 1. The van der Waals surface area contributed by atoms with E-state index in [1.807, 2.05) is 24.5 Å². The molecule has 8 heteroatoms. The highest BCUT2D eigenvalue weighted by atomic mass is 35.5. The Bertz CT molecular complexity index is 756. The van der Waals surface area contributed by atoms with Crippen molar-refractivity contribution >= 4 is 46.8 Å². The summed E-state index contributed by atoms with van der Waals surface area (Å²) in [7, 11) is 0. The van der Waals surface area contributed by atoms with Gasteiger partial charge >= 0.3 is 0 Å². The van der Waals surface area contributed by atoms with Gasteiger partial charge in [-0.3, -0.25) is 4.79 Å². The molecule has 1 amide bonds. The van der Waals surface area contributed by atoms with Gasteiger partial charge in [0.15, 0.2) is 0 Å². The van der Waals surface area contributed by atoms with E-state index in [0.29, 0.717) is 0 Å². The fourth-order valence-corrected chi connectivity index (χ4v) is 3.94. The smallest absolute Gasteiger partial charge is 0.259 e. The molecule has 24 heavy (non-hydrogen) atoms. The van der Waals surface area contributed by atoms with Gasteiger partial charge in [-0.25, -0.2) is 4.98 Å². The molecule has 3 N–H and O–H groups in total. The number of hydrogen-bond acceptors (Lipinski definition) is 5. The van der Waals surface area contributed by atoms with E-state index in [4.69, 9.17) is 0 Å². The van der Waals surface area contributed by atoms with Crippen LogP contribution < -0.4 is 15.5 Å². The van der Waals surface area contributed by atoms with E-state index in [2.05, 4.69) is 25.5 Å². The first kappa shape index (κ1) is 17.1. The average Bonchev–Trinajstić information content (AvgIpc) is 3.25. The number of thioether (sulfide) groups is 1. The van der Waals surface area contributed by atoms with Crippen molar-refractivity contribution in [3.05, 3.63) is 35.6 Å². The third-order valence-electron chi connectivity index (χ3n) is 4.23. The molecule has 0 bridgehead atoms. The molecule has 2 aromatic rings. The zero-order chi connectivity index (χ0) is 15.6. The maximum Gasteiger partial charge on any atom is 0.259 e. The Morgan fingerprint density at radius 2 is 2.33 bits per heavy atom. The van der Waals surface area contributed by atoms with E-state index >= 15 is 0 Å². The van der Waals surface area contributed by atoms with Crippen LogP contribution >= 0.6 is 24.2 Å². The number of pyridine rings is 1. The van der Waals surface area contributed by atoms with E-state index in [-0.39, 0.29) is 24.4 Å². The number of fused-ring (bicyclic) bond motifs is 1. The molecule has 2 aliphatic heterocycles. The highest BCUT2D eigenvalue weighted by Crippen LogP contribution is 2.30. The summed E-state index contributed by atoms with van der Waals surface area (Å²) in [6.45, 7) is 2.73. The van der Waals surface area contributed by atoms with Gasteiger partial charge in [0, 0.05) is 48.9 Å². The van der Waals surface area contributed by atoms with E-state index < -0.39 is 0 Å². The molecule has 0 saturated carbocycles. The Kier molecular flexibility index (Phi) is 5.33. The number of nitrogens with one attached hydrogen (secondary N) is 3. The summed E-state index contributed by atoms with van der Waals surface area (Å²) in [5.41, 5.74) is 1.96. The molecular formula is C16H20ClN5OS. The first-order chi connectivity index (χ1) is 11.3. The minimum atomic E-state index is 0. The fourth-order valence-electron chi connectivity index (χ4n) is 3.04.